The maximum atomic E-state index is 12.6. The van der Waals surface area contributed by atoms with Crippen LogP contribution in [0.25, 0.3) is 0 Å². The van der Waals surface area contributed by atoms with E-state index in [1.54, 1.807) is 0 Å². The quantitative estimate of drug-likeness (QED) is 0.828. The topological polar surface area (TPSA) is 85.4 Å². The largest absolute Gasteiger partial charge is 0.573 e. The van der Waals surface area contributed by atoms with Crippen molar-refractivity contribution in [3.8, 4) is 5.75 Å². The number of aromatic carboxylic acids is 1. The molecule has 0 bridgehead atoms. The average molecular weight is 286 g/mol. The van der Waals surface area contributed by atoms with E-state index in [0.717, 1.165) is 0 Å². The van der Waals surface area contributed by atoms with Gasteiger partial charge in [-0.3, -0.25) is 0 Å². The predicted octanol–water partition coefficient (Wildman–Crippen LogP) is 2.07. The molecule has 0 unspecified atom stereocenters. The van der Waals surface area contributed by atoms with Crippen LogP contribution in [0.3, 0.4) is 0 Å². The SMILES string of the molecule is NCc1c(C(=O)O)ncc(C(F)F)c1OC(F)(F)F. The van der Waals surface area contributed by atoms with Crippen LogP contribution >= 0.6 is 0 Å². The van der Waals surface area contributed by atoms with Crippen molar-refractivity contribution < 1.29 is 36.6 Å². The van der Waals surface area contributed by atoms with Gasteiger partial charge in [0.2, 0.25) is 0 Å². The first kappa shape index (κ1) is 15.1. The zero-order valence-corrected chi connectivity index (χ0v) is 9.04. The van der Waals surface area contributed by atoms with Crippen LogP contribution < -0.4 is 10.5 Å². The van der Waals surface area contributed by atoms with Gasteiger partial charge in [0.15, 0.2) is 5.69 Å². The molecule has 19 heavy (non-hydrogen) atoms. The van der Waals surface area contributed by atoms with Gasteiger partial charge < -0.3 is 15.6 Å². The summed E-state index contributed by atoms with van der Waals surface area (Å²) in [5.41, 5.74) is 2.29. The highest BCUT2D eigenvalue weighted by Gasteiger charge is 2.36. The molecule has 0 aliphatic carbocycles. The molecule has 3 N–H and O–H groups in total. The number of carbonyl (C=O) groups is 1. The molecule has 0 saturated carbocycles. The molecule has 0 aliphatic rings. The summed E-state index contributed by atoms with van der Waals surface area (Å²) in [6.45, 7) is -0.749. The molecule has 1 heterocycles. The standard InChI is InChI=1S/C9H7F5N2O3/c10-7(11)4-2-16-5(8(17)18)3(1-15)6(4)19-9(12,13)14/h2,7H,1,15H2,(H,17,18). The fraction of sp³-hybridized carbons (Fsp3) is 0.333. The van der Waals surface area contributed by atoms with Crippen LogP contribution in [-0.4, -0.2) is 22.4 Å². The molecule has 0 aliphatic heterocycles. The monoisotopic (exact) mass is 286 g/mol. The van der Waals surface area contributed by atoms with Crippen molar-refractivity contribution in [3.63, 3.8) is 0 Å². The number of pyridine rings is 1. The lowest BCUT2D eigenvalue weighted by atomic mass is 10.1. The minimum absolute atomic E-state index is 0.314. The van der Waals surface area contributed by atoms with E-state index in [9.17, 15) is 26.7 Å². The van der Waals surface area contributed by atoms with Gasteiger partial charge in [0, 0.05) is 18.3 Å². The van der Waals surface area contributed by atoms with Gasteiger partial charge in [-0.1, -0.05) is 0 Å². The summed E-state index contributed by atoms with van der Waals surface area (Å²) in [6, 6.07) is 0. The molecule has 0 fully saturated rings. The Morgan fingerprint density at radius 1 is 1.47 bits per heavy atom. The van der Waals surface area contributed by atoms with E-state index in [0.29, 0.717) is 6.20 Å². The molecule has 1 rings (SSSR count). The maximum Gasteiger partial charge on any atom is 0.573 e. The average Bonchev–Trinajstić information content (AvgIpc) is 2.25. The summed E-state index contributed by atoms with van der Waals surface area (Å²) < 4.78 is 65.1. The van der Waals surface area contributed by atoms with E-state index >= 15 is 0 Å². The number of hydrogen-bond donors (Lipinski definition) is 2. The lowest BCUT2D eigenvalue weighted by molar-refractivity contribution is -0.275. The van der Waals surface area contributed by atoms with Crippen molar-refractivity contribution >= 4 is 5.97 Å². The van der Waals surface area contributed by atoms with Crippen LogP contribution in [-0.2, 0) is 6.54 Å². The lowest BCUT2D eigenvalue weighted by Crippen LogP contribution is -2.22. The third kappa shape index (κ3) is 3.50. The van der Waals surface area contributed by atoms with Gasteiger partial charge in [-0.25, -0.2) is 18.6 Å². The lowest BCUT2D eigenvalue weighted by Gasteiger charge is -2.17. The van der Waals surface area contributed by atoms with Gasteiger partial charge in [0.05, 0.1) is 5.56 Å². The summed E-state index contributed by atoms with van der Waals surface area (Å²) in [5.74, 6) is -3.02. The minimum atomic E-state index is -5.26. The minimum Gasteiger partial charge on any atom is -0.476 e. The summed E-state index contributed by atoms with van der Waals surface area (Å²) in [7, 11) is 0. The second-order valence-corrected chi connectivity index (χ2v) is 3.23. The first-order valence-electron chi connectivity index (χ1n) is 4.66. The number of rotatable bonds is 4. The summed E-state index contributed by atoms with van der Waals surface area (Å²) in [6.07, 6.45) is -8.27. The predicted molar refractivity (Wildman–Crippen MR) is 50.7 cm³/mol. The van der Waals surface area contributed by atoms with Crippen LogP contribution in [0.2, 0.25) is 0 Å². The van der Waals surface area contributed by atoms with Crippen molar-refractivity contribution in [3.05, 3.63) is 23.0 Å². The first-order valence-corrected chi connectivity index (χ1v) is 4.66. The number of aromatic nitrogens is 1. The maximum absolute atomic E-state index is 12.6. The van der Waals surface area contributed by atoms with E-state index < -0.39 is 47.9 Å². The van der Waals surface area contributed by atoms with Crippen LogP contribution in [0.4, 0.5) is 22.0 Å². The van der Waals surface area contributed by atoms with Crippen LogP contribution in [0, 0.1) is 0 Å². The Bertz CT molecular complexity index is 489. The molecule has 0 saturated heterocycles. The second kappa shape index (κ2) is 5.34. The Hall–Kier alpha value is -1.97. The zero-order valence-electron chi connectivity index (χ0n) is 9.04. The molecule has 0 aromatic carbocycles. The second-order valence-electron chi connectivity index (χ2n) is 3.23. The molecule has 0 atom stereocenters. The van der Waals surface area contributed by atoms with Crippen molar-refractivity contribution in [2.24, 2.45) is 5.73 Å². The highest BCUT2D eigenvalue weighted by Crippen LogP contribution is 2.36. The van der Waals surface area contributed by atoms with Gasteiger partial charge in [-0.15, -0.1) is 13.2 Å². The summed E-state index contributed by atoms with van der Waals surface area (Å²) in [4.78, 5) is 13.9. The number of carboxylic acids is 1. The molecule has 1 aromatic heterocycles. The van der Waals surface area contributed by atoms with E-state index in [-0.39, 0.29) is 0 Å². The van der Waals surface area contributed by atoms with Crippen LogP contribution in [0.15, 0.2) is 6.20 Å². The number of halogens is 5. The molecule has 106 valence electrons. The first-order chi connectivity index (χ1) is 8.67. The molecule has 0 radical (unpaired) electrons. The molecule has 0 spiro atoms. The van der Waals surface area contributed by atoms with Gasteiger partial charge >= 0.3 is 12.3 Å². The van der Waals surface area contributed by atoms with Crippen molar-refractivity contribution in [2.75, 3.05) is 0 Å². The number of ether oxygens (including phenoxy) is 1. The van der Waals surface area contributed by atoms with Crippen LogP contribution in [0.5, 0.6) is 5.75 Å². The fourth-order valence-electron chi connectivity index (χ4n) is 1.32. The van der Waals surface area contributed by atoms with Gasteiger partial charge in [0.25, 0.3) is 6.43 Å². The third-order valence-electron chi connectivity index (χ3n) is 2.01. The van der Waals surface area contributed by atoms with E-state index in [1.165, 1.54) is 0 Å². The van der Waals surface area contributed by atoms with Gasteiger partial charge in [-0.05, 0) is 0 Å². The number of nitrogens with two attached hydrogens (primary N) is 1. The zero-order chi connectivity index (χ0) is 14.8. The van der Waals surface area contributed by atoms with Crippen molar-refractivity contribution in [1.82, 2.24) is 4.98 Å². The normalized spacial score (nSPS) is 11.7. The van der Waals surface area contributed by atoms with E-state index in [2.05, 4.69) is 9.72 Å². The van der Waals surface area contributed by atoms with Gasteiger partial charge in [-0.2, -0.15) is 0 Å². The van der Waals surface area contributed by atoms with E-state index in [1.807, 2.05) is 0 Å². The molecule has 10 heteroatoms. The van der Waals surface area contributed by atoms with Gasteiger partial charge in [0.1, 0.15) is 5.75 Å². The molecule has 1 aromatic rings. The number of alkyl halides is 5. The number of hydrogen-bond acceptors (Lipinski definition) is 4. The van der Waals surface area contributed by atoms with E-state index in [4.69, 9.17) is 10.8 Å². The Labute approximate surface area is 102 Å². The number of nitrogens with zero attached hydrogens (tertiary/aromatic N) is 1. The Morgan fingerprint density at radius 2 is 2.05 bits per heavy atom. The smallest absolute Gasteiger partial charge is 0.476 e. The molecular weight excluding hydrogens is 279 g/mol. The van der Waals surface area contributed by atoms with Crippen molar-refractivity contribution in [1.29, 1.82) is 0 Å². The van der Waals surface area contributed by atoms with Crippen LogP contribution in [0.1, 0.15) is 28.0 Å². The summed E-state index contributed by atoms with van der Waals surface area (Å²) in [5, 5.41) is 8.71. The third-order valence-corrected chi connectivity index (χ3v) is 2.01. The molecular formula is C9H7F5N2O3. The molecule has 5 nitrogen and oxygen atoms in total. The Morgan fingerprint density at radius 3 is 2.42 bits per heavy atom. The number of carboxylic acid groups (broad SMARTS) is 1. The Balaban J connectivity index is 3.50. The highest BCUT2D eigenvalue weighted by molar-refractivity contribution is 5.88. The summed E-state index contributed by atoms with van der Waals surface area (Å²) >= 11 is 0. The molecule has 0 amide bonds. The Kier molecular flexibility index (Phi) is 4.24. The highest BCUT2D eigenvalue weighted by atomic mass is 19.4. The fourth-order valence-corrected chi connectivity index (χ4v) is 1.32. The van der Waals surface area contributed by atoms with Crippen molar-refractivity contribution in [2.45, 2.75) is 19.3 Å².